The molecule has 0 radical (unpaired) electrons. The van der Waals surface area contributed by atoms with Crippen LogP contribution in [0.1, 0.15) is 6.92 Å². The van der Waals surface area contributed by atoms with E-state index in [2.05, 4.69) is 20.9 Å². The molecule has 0 aliphatic carbocycles. The summed E-state index contributed by atoms with van der Waals surface area (Å²) in [6.45, 7) is 2.87. The molecule has 1 aliphatic rings. The highest BCUT2D eigenvalue weighted by Gasteiger charge is 2.36. The number of nitro groups is 1. The van der Waals surface area contributed by atoms with Gasteiger partial charge in [-0.15, -0.1) is 0 Å². The Hall–Kier alpha value is -1.70. The topological polar surface area (TPSA) is 96.6 Å². The van der Waals surface area contributed by atoms with Crippen LogP contribution in [0.15, 0.2) is 16.7 Å². The maximum absolute atomic E-state index is 10.8. The van der Waals surface area contributed by atoms with Crippen molar-refractivity contribution in [3.05, 3.63) is 26.9 Å². The molecule has 7 nitrogen and oxygen atoms in total. The van der Waals surface area contributed by atoms with Crippen LogP contribution >= 0.6 is 15.9 Å². The second-order valence-electron chi connectivity index (χ2n) is 4.55. The molecule has 1 unspecified atom stereocenters. The number of carboxylic acids is 1. The van der Waals surface area contributed by atoms with E-state index < -0.39 is 16.8 Å². The van der Waals surface area contributed by atoms with E-state index in [1.807, 2.05) is 4.90 Å². The van der Waals surface area contributed by atoms with Crippen molar-refractivity contribution in [1.82, 2.24) is 4.98 Å². The second kappa shape index (κ2) is 5.12. The predicted octanol–water partition coefficient (Wildman–Crippen LogP) is 1.91. The fourth-order valence-electron chi connectivity index (χ4n) is 1.96. The minimum absolute atomic E-state index is 0.0772. The Morgan fingerprint density at radius 2 is 2.32 bits per heavy atom. The molecule has 8 heteroatoms. The second-order valence-corrected chi connectivity index (χ2v) is 5.40. The Bertz CT molecular complexity index is 531. The molecule has 1 aromatic heterocycles. The van der Waals surface area contributed by atoms with Gasteiger partial charge in [-0.25, -0.2) is 4.98 Å². The Kier molecular flexibility index (Phi) is 3.70. The number of hydrogen-bond acceptors (Lipinski definition) is 5. The van der Waals surface area contributed by atoms with Crippen LogP contribution in [0.2, 0.25) is 0 Å². The number of halogens is 1. The van der Waals surface area contributed by atoms with Gasteiger partial charge in [0.2, 0.25) is 0 Å². The highest BCUT2D eigenvalue weighted by molar-refractivity contribution is 9.10. The van der Waals surface area contributed by atoms with Crippen LogP contribution in [0.3, 0.4) is 0 Å². The van der Waals surface area contributed by atoms with E-state index >= 15 is 0 Å². The minimum Gasteiger partial charge on any atom is -0.481 e. The number of anilines is 1. The van der Waals surface area contributed by atoms with Crippen molar-refractivity contribution >= 4 is 33.4 Å². The number of carbonyl (C=O) groups is 1. The molecule has 2 heterocycles. The van der Waals surface area contributed by atoms with E-state index in [9.17, 15) is 14.9 Å². The van der Waals surface area contributed by atoms with Gasteiger partial charge in [-0.3, -0.25) is 14.9 Å². The van der Waals surface area contributed by atoms with Crippen LogP contribution in [0.25, 0.3) is 0 Å². The fourth-order valence-corrected chi connectivity index (χ4v) is 2.54. The summed E-state index contributed by atoms with van der Waals surface area (Å²) < 4.78 is 0.545. The number of pyridine rings is 1. The van der Waals surface area contributed by atoms with Gasteiger partial charge in [0, 0.05) is 25.1 Å². The summed E-state index contributed by atoms with van der Waals surface area (Å²) >= 11 is 3.25. The third-order valence-electron chi connectivity index (χ3n) is 3.32. The van der Waals surface area contributed by atoms with Gasteiger partial charge in [-0.05, 0) is 15.9 Å². The lowest BCUT2D eigenvalue weighted by molar-refractivity contribution is -0.385. The highest BCUT2D eigenvalue weighted by atomic mass is 79.9. The van der Waals surface area contributed by atoms with Gasteiger partial charge in [-0.1, -0.05) is 6.92 Å². The molecule has 102 valence electrons. The fraction of sp³-hybridized carbons (Fsp3) is 0.455. The van der Waals surface area contributed by atoms with Gasteiger partial charge < -0.3 is 10.0 Å². The molecule has 0 spiro atoms. The molecule has 2 rings (SSSR count). The lowest BCUT2D eigenvalue weighted by atomic mass is 9.87. The first-order valence-electron chi connectivity index (χ1n) is 5.68. The molecule has 1 saturated heterocycles. The third-order valence-corrected chi connectivity index (χ3v) is 3.91. The normalized spacial score (nSPS) is 16.8. The zero-order chi connectivity index (χ0) is 14.2. The Morgan fingerprint density at radius 3 is 2.79 bits per heavy atom. The van der Waals surface area contributed by atoms with E-state index in [4.69, 9.17) is 5.11 Å². The van der Waals surface area contributed by atoms with Crippen molar-refractivity contribution in [2.75, 3.05) is 18.0 Å². The summed E-state index contributed by atoms with van der Waals surface area (Å²) in [5.41, 5.74) is -0.0772. The van der Waals surface area contributed by atoms with Crippen LogP contribution in [0.5, 0.6) is 0 Å². The maximum Gasteiger partial charge on any atom is 0.306 e. The maximum atomic E-state index is 10.8. The van der Waals surface area contributed by atoms with E-state index in [0.29, 0.717) is 23.4 Å². The zero-order valence-electron chi connectivity index (χ0n) is 10.1. The van der Waals surface area contributed by atoms with Gasteiger partial charge in [-0.2, -0.15) is 0 Å². The average molecular weight is 330 g/mol. The van der Waals surface area contributed by atoms with Gasteiger partial charge in [0.15, 0.2) is 0 Å². The highest BCUT2D eigenvalue weighted by Crippen LogP contribution is 2.34. The smallest absolute Gasteiger partial charge is 0.306 e. The van der Waals surface area contributed by atoms with Crippen molar-refractivity contribution in [1.29, 1.82) is 0 Å². The first-order valence-corrected chi connectivity index (χ1v) is 6.47. The van der Waals surface area contributed by atoms with Crippen LogP contribution < -0.4 is 4.90 Å². The lowest BCUT2D eigenvalue weighted by Gasteiger charge is -2.42. The molecule has 1 fully saturated rings. The van der Waals surface area contributed by atoms with Crippen molar-refractivity contribution in [2.24, 2.45) is 11.8 Å². The van der Waals surface area contributed by atoms with Crippen molar-refractivity contribution in [3.8, 4) is 0 Å². The molecular formula is C11H12BrN3O4. The quantitative estimate of drug-likeness (QED) is 0.669. The number of aromatic nitrogens is 1. The molecule has 1 aliphatic heterocycles. The van der Waals surface area contributed by atoms with Crippen LogP contribution in [0, 0.1) is 22.0 Å². The van der Waals surface area contributed by atoms with Crippen molar-refractivity contribution in [3.63, 3.8) is 0 Å². The SMILES string of the molecule is CC(C(=O)O)C1CN(c2ncc([N+](=O)[O-])cc2Br)C1. The van der Waals surface area contributed by atoms with E-state index in [-0.39, 0.29) is 11.6 Å². The largest absolute Gasteiger partial charge is 0.481 e. The molecule has 1 atom stereocenters. The van der Waals surface area contributed by atoms with Gasteiger partial charge in [0.05, 0.1) is 15.3 Å². The minimum atomic E-state index is -0.805. The molecule has 0 saturated carbocycles. The number of rotatable bonds is 4. The van der Waals surface area contributed by atoms with Gasteiger partial charge >= 0.3 is 5.97 Å². The van der Waals surface area contributed by atoms with Crippen molar-refractivity contribution < 1.29 is 14.8 Å². The van der Waals surface area contributed by atoms with Gasteiger partial charge in [0.25, 0.3) is 5.69 Å². The Labute approximate surface area is 117 Å². The van der Waals surface area contributed by atoms with Gasteiger partial charge in [0.1, 0.15) is 12.0 Å². The number of hydrogen-bond donors (Lipinski definition) is 1. The average Bonchev–Trinajstić information content (AvgIpc) is 2.28. The summed E-state index contributed by atoms with van der Waals surface area (Å²) in [6, 6.07) is 1.40. The standard InChI is InChI=1S/C11H12BrN3O4/c1-6(11(16)17)7-4-14(5-7)10-9(12)2-8(3-13-10)15(18)19/h2-3,6-7H,4-5H2,1H3,(H,16,17). The molecule has 1 aromatic rings. The van der Waals surface area contributed by atoms with Crippen LogP contribution in [-0.4, -0.2) is 34.1 Å². The monoisotopic (exact) mass is 329 g/mol. The molecular weight excluding hydrogens is 318 g/mol. The zero-order valence-corrected chi connectivity index (χ0v) is 11.7. The number of carboxylic acid groups (broad SMARTS) is 1. The molecule has 1 N–H and O–H groups in total. The first kappa shape index (κ1) is 13.7. The number of nitrogens with zero attached hydrogens (tertiary/aromatic N) is 3. The first-order chi connectivity index (χ1) is 8.90. The van der Waals surface area contributed by atoms with E-state index in [1.165, 1.54) is 12.3 Å². The summed E-state index contributed by atoms with van der Waals surface area (Å²) in [6.07, 6.45) is 1.20. The van der Waals surface area contributed by atoms with Crippen molar-refractivity contribution in [2.45, 2.75) is 6.92 Å². The molecule has 0 aromatic carbocycles. The predicted molar refractivity (Wildman–Crippen MR) is 71.1 cm³/mol. The Balaban J connectivity index is 2.06. The summed E-state index contributed by atoms with van der Waals surface area (Å²) in [4.78, 5) is 26.9. The van der Waals surface area contributed by atoms with Crippen LogP contribution in [-0.2, 0) is 4.79 Å². The van der Waals surface area contributed by atoms with Crippen LogP contribution in [0.4, 0.5) is 11.5 Å². The molecule has 19 heavy (non-hydrogen) atoms. The van der Waals surface area contributed by atoms with E-state index in [1.54, 1.807) is 6.92 Å². The summed E-state index contributed by atoms with van der Waals surface area (Å²) in [5, 5.41) is 19.5. The van der Waals surface area contributed by atoms with E-state index in [0.717, 1.165) is 0 Å². The summed E-state index contributed by atoms with van der Waals surface area (Å²) in [7, 11) is 0. The Morgan fingerprint density at radius 1 is 1.68 bits per heavy atom. The molecule has 0 amide bonds. The molecule has 0 bridgehead atoms. The summed E-state index contributed by atoms with van der Waals surface area (Å²) in [5.74, 6) is -0.505. The lowest BCUT2D eigenvalue weighted by Crippen LogP contribution is -2.51. The third kappa shape index (κ3) is 2.67. The number of aliphatic carboxylic acids is 1.